The molecule has 0 saturated carbocycles. The van der Waals surface area contributed by atoms with Crippen LogP contribution in [-0.4, -0.2) is 35.6 Å². The van der Waals surface area contributed by atoms with Gasteiger partial charge in [-0.3, -0.25) is 4.68 Å². The Hall–Kier alpha value is -1.18. The molecule has 0 aliphatic heterocycles. The topological polar surface area (TPSA) is 55.2 Å². The van der Waals surface area contributed by atoms with Crippen molar-refractivity contribution < 1.29 is 8.42 Å². The van der Waals surface area contributed by atoms with E-state index < -0.39 is 10.0 Å². The van der Waals surface area contributed by atoms with Crippen molar-refractivity contribution in [1.29, 1.82) is 0 Å². The Kier molecular flexibility index (Phi) is 5.65. The molecular weight excluding hydrogens is 378 g/mol. The van der Waals surface area contributed by atoms with E-state index in [1.807, 2.05) is 45.0 Å². The van der Waals surface area contributed by atoms with Crippen LogP contribution in [0.3, 0.4) is 0 Å². The standard InChI is InChI=1S/C16H22BrN3O2S/c1-5-19(6-2)23(21,22)16-12(3)18-20(13(16)4)11-14-8-7-9-15(17)10-14/h7-10H,5-6,11H2,1-4H3. The third kappa shape index (κ3) is 3.67. The Morgan fingerprint density at radius 2 is 1.87 bits per heavy atom. The molecule has 0 atom stereocenters. The lowest BCUT2D eigenvalue weighted by Gasteiger charge is -2.18. The number of rotatable bonds is 6. The van der Waals surface area contributed by atoms with Gasteiger partial charge in [0.05, 0.1) is 17.9 Å². The average Bonchev–Trinajstić information content (AvgIpc) is 2.74. The van der Waals surface area contributed by atoms with Crippen LogP contribution in [0.1, 0.15) is 30.8 Å². The highest BCUT2D eigenvalue weighted by atomic mass is 79.9. The highest BCUT2D eigenvalue weighted by Gasteiger charge is 2.29. The van der Waals surface area contributed by atoms with Gasteiger partial charge in [0.25, 0.3) is 0 Å². The molecule has 2 aromatic rings. The van der Waals surface area contributed by atoms with Crippen molar-refractivity contribution in [2.24, 2.45) is 0 Å². The molecule has 0 aliphatic carbocycles. The van der Waals surface area contributed by atoms with Crippen LogP contribution < -0.4 is 0 Å². The number of aromatic nitrogens is 2. The van der Waals surface area contributed by atoms with Crippen LogP contribution in [0.15, 0.2) is 33.6 Å². The highest BCUT2D eigenvalue weighted by molar-refractivity contribution is 9.10. The van der Waals surface area contributed by atoms with E-state index in [4.69, 9.17) is 0 Å². The number of halogens is 1. The summed E-state index contributed by atoms with van der Waals surface area (Å²) in [5, 5.41) is 4.45. The first-order valence-electron chi connectivity index (χ1n) is 7.59. The van der Waals surface area contributed by atoms with Crippen LogP contribution in [0.2, 0.25) is 0 Å². The number of aryl methyl sites for hydroxylation is 1. The summed E-state index contributed by atoms with van der Waals surface area (Å²) in [7, 11) is -3.50. The van der Waals surface area contributed by atoms with Crippen LogP contribution in [0, 0.1) is 13.8 Å². The van der Waals surface area contributed by atoms with Gasteiger partial charge in [-0.05, 0) is 31.5 Å². The second-order valence-corrected chi connectivity index (χ2v) is 8.17. The second-order valence-electron chi connectivity index (χ2n) is 5.38. The molecular formula is C16H22BrN3O2S. The van der Waals surface area contributed by atoms with E-state index in [9.17, 15) is 8.42 Å². The molecule has 23 heavy (non-hydrogen) atoms. The van der Waals surface area contributed by atoms with Crippen molar-refractivity contribution in [1.82, 2.24) is 14.1 Å². The van der Waals surface area contributed by atoms with E-state index in [1.54, 1.807) is 11.6 Å². The third-order valence-electron chi connectivity index (χ3n) is 3.84. The summed E-state index contributed by atoms with van der Waals surface area (Å²) < 4.78 is 29.9. The minimum Gasteiger partial charge on any atom is -0.264 e. The van der Waals surface area contributed by atoms with Gasteiger partial charge in [-0.1, -0.05) is 41.9 Å². The fourth-order valence-corrected chi connectivity index (χ4v) is 4.99. The van der Waals surface area contributed by atoms with Gasteiger partial charge in [0, 0.05) is 17.6 Å². The zero-order chi connectivity index (χ0) is 17.2. The predicted molar refractivity (Wildman–Crippen MR) is 95.1 cm³/mol. The van der Waals surface area contributed by atoms with Crippen LogP contribution in [-0.2, 0) is 16.6 Å². The monoisotopic (exact) mass is 399 g/mol. The lowest BCUT2D eigenvalue weighted by atomic mass is 10.2. The zero-order valence-corrected chi connectivity index (χ0v) is 16.3. The minimum absolute atomic E-state index is 0.330. The van der Waals surface area contributed by atoms with Gasteiger partial charge in [0.15, 0.2) is 0 Å². The maximum absolute atomic E-state index is 12.8. The lowest BCUT2D eigenvalue weighted by Crippen LogP contribution is -2.31. The molecule has 0 amide bonds. The van der Waals surface area contributed by atoms with Crippen LogP contribution in [0.4, 0.5) is 0 Å². The van der Waals surface area contributed by atoms with Gasteiger partial charge in [0.2, 0.25) is 10.0 Å². The predicted octanol–water partition coefficient (Wildman–Crippen LogP) is 3.34. The number of benzene rings is 1. The van der Waals surface area contributed by atoms with E-state index in [-0.39, 0.29) is 0 Å². The summed E-state index contributed by atoms with van der Waals surface area (Å²) in [6, 6.07) is 7.93. The Morgan fingerprint density at radius 3 is 2.43 bits per heavy atom. The number of sulfonamides is 1. The molecule has 5 nitrogen and oxygen atoms in total. The van der Waals surface area contributed by atoms with Gasteiger partial charge in [-0.25, -0.2) is 8.42 Å². The quantitative estimate of drug-likeness (QED) is 0.748. The fourth-order valence-electron chi connectivity index (χ4n) is 2.71. The molecule has 0 spiro atoms. The fraction of sp³-hybridized carbons (Fsp3) is 0.438. The molecule has 0 saturated heterocycles. The maximum Gasteiger partial charge on any atom is 0.246 e. The molecule has 0 bridgehead atoms. The first kappa shape index (κ1) is 18.2. The van der Waals surface area contributed by atoms with Crippen molar-refractivity contribution in [3.63, 3.8) is 0 Å². The molecule has 126 valence electrons. The smallest absolute Gasteiger partial charge is 0.246 e. The summed E-state index contributed by atoms with van der Waals surface area (Å²) in [5.74, 6) is 0. The van der Waals surface area contributed by atoms with Gasteiger partial charge in [0.1, 0.15) is 4.90 Å². The van der Waals surface area contributed by atoms with Crippen LogP contribution >= 0.6 is 15.9 Å². The average molecular weight is 400 g/mol. The number of hydrogen-bond acceptors (Lipinski definition) is 3. The number of nitrogens with zero attached hydrogens (tertiary/aromatic N) is 3. The normalized spacial score (nSPS) is 12.1. The van der Waals surface area contributed by atoms with Gasteiger partial charge < -0.3 is 0 Å². The summed E-state index contributed by atoms with van der Waals surface area (Å²) in [4.78, 5) is 0.330. The molecule has 0 N–H and O–H groups in total. The van der Waals surface area contributed by atoms with E-state index >= 15 is 0 Å². The highest BCUT2D eigenvalue weighted by Crippen LogP contribution is 2.24. The number of hydrogen-bond donors (Lipinski definition) is 0. The molecule has 1 heterocycles. The van der Waals surface area contributed by atoms with E-state index in [1.165, 1.54) is 4.31 Å². The SMILES string of the molecule is CCN(CC)S(=O)(=O)c1c(C)nn(Cc2cccc(Br)c2)c1C. The molecule has 0 radical (unpaired) electrons. The molecule has 2 rings (SSSR count). The Labute approximate surface area is 146 Å². The second kappa shape index (κ2) is 7.15. The van der Waals surface area contributed by atoms with Crippen molar-refractivity contribution in [3.05, 3.63) is 45.7 Å². The molecule has 0 fully saturated rings. The third-order valence-corrected chi connectivity index (χ3v) is 6.64. The zero-order valence-electron chi connectivity index (χ0n) is 13.9. The van der Waals surface area contributed by atoms with Crippen LogP contribution in [0.5, 0.6) is 0 Å². The van der Waals surface area contributed by atoms with Gasteiger partial charge in [-0.2, -0.15) is 9.40 Å². The summed E-state index contributed by atoms with van der Waals surface area (Å²) in [6.07, 6.45) is 0. The summed E-state index contributed by atoms with van der Waals surface area (Å²) >= 11 is 3.45. The lowest BCUT2D eigenvalue weighted by molar-refractivity contribution is 0.444. The van der Waals surface area contributed by atoms with Crippen molar-refractivity contribution in [2.45, 2.75) is 39.1 Å². The largest absolute Gasteiger partial charge is 0.264 e. The molecule has 1 aromatic carbocycles. The Balaban J connectivity index is 2.44. The Bertz CT molecular complexity index is 796. The van der Waals surface area contributed by atoms with E-state index in [2.05, 4.69) is 21.0 Å². The first-order valence-corrected chi connectivity index (χ1v) is 9.83. The van der Waals surface area contributed by atoms with Crippen LogP contribution in [0.25, 0.3) is 0 Å². The summed E-state index contributed by atoms with van der Waals surface area (Å²) in [5.41, 5.74) is 2.29. The molecule has 1 aromatic heterocycles. The van der Waals surface area contributed by atoms with Crippen molar-refractivity contribution >= 4 is 26.0 Å². The molecule has 0 unspecified atom stereocenters. The molecule has 0 aliphatic rings. The van der Waals surface area contributed by atoms with Gasteiger partial charge >= 0.3 is 0 Å². The Morgan fingerprint density at radius 1 is 1.22 bits per heavy atom. The van der Waals surface area contributed by atoms with E-state index in [0.717, 1.165) is 10.0 Å². The minimum atomic E-state index is -3.50. The van der Waals surface area contributed by atoms with Crippen molar-refractivity contribution in [2.75, 3.05) is 13.1 Å². The molecule has 7 heteroatoms. The van der Waals surface area contributed by atoms with E-state index in [0.29, 0.717) is 35.9 Å². The van der Waals surface area contributed by atoms with Gasteiger partial charge in [-0.15, -0.1) is 0 Å². The summed E-state index contributed by atoms with van der Waals surface area (Å²) in [6.45, 7) is 8.70. The van der Waals surface area contributed by atoms with Crippen molar-refractivity contribution in [3.8, 4) is 0 Å². The maximum atomic E-state index is 12.8. The first-order chi connectivity index (χ1) is 10.8.